The topological polar surface area (TPSA) is 60.7 Å². The first-order chi connectivity index (χ1) is 42.5. The van der Waals surface area contributed by atoms with E-state index in [1.54, 1.807) is 5.57 Å². The quantitative estimate of drug-likeness (QED) is 0.127. The number of hydrogen-bond donors (Lipinski definition) is 3. The third-order valence-corrected chi connectivity index (χ3v) is 34.7. The minimum absolute atomic E-state index is 0.0111. The normalized spacial score (nSPS) is 47.1. The summed E-state index contributed by atoms with van der Waals surface area (Å²) in [4.78, 5) is 0. The second-order valence-electron chi connectivity index (χ2n) is 39.3. The van der Waals surface area contributed by atoms with Crippen molar-refractivity contribution in [2.45, 2.75) is 355 Å². The molecule has 0 aromatic carbocycles. The zero-order valence-electron chi connectivity index (χ0n) is 63.1. The van der Waals surface area contributed by atoms with Crippen molar-refractivity contribution in [3.8, 4) is 0 Å². The second-order valence-corrected chi connectivity index (χ2v) is 39.3. The minimum atomic E-state index is -0.0790. The lowest BCUT2D eigenvalue weighted by molar-refractivity contribution is -0.129. The van der Waals surface area contributed by atoms with Crippen LogP contribution in [0.15, 0.2) is 23.3 Å². The van der Waals surface area contributed by atoms with Crippen LogP contribution < -0.4 is 0 Å². The molecule has 3 heteroatoms. The molecule has 10 fully saturated rings. The van der Waals surface area contributed by atoms with E-state index >= 15 is 0 Å². The third kappa shape index (κ3) is 13.4. The molecule has 518 valence electrons. The SMILES string of the molecule is CC(C)[C@H](C)CC[C@@H](C)[C@H]1CC[C@H]2[C@@H]3CC=C4C[C@@H](O)CC[C@]4(C)[C@H]3CC[C@]12C.CCC(CC[C@@H](C)[C@H]1CC[C@H]2C3=CC[C@H]4[C@H](C)[C@@H](O)CC[C@]4(C)[C@H]3CC[C@]12C)C(C)C.CC[C@H](CC[C@@H](C)[C@H]1CC[C@H]2[C@@H]3CC[C@H]4C[C@@H](O)CC[C@]4(C)[C@H]3CC[C@]12C)C(C)C. The van der Waals surface area contributed by atoms with E-state index in [0.29, 0.717) is 44.3 Å². The molecule has 0 heterocycles. The van der Waals surface area contributed by atoms with E-state index in [9.17, 15) is 15.3 Å². The number of hydrogen-bond acceptors (Lipinski definition) is 3. The summed E-state index contributed by atoms with van der Waals surface area (Å²) in [6.07, 6.45) is 48.3. The summed E-state index contributed by atoms with van der Waals surface area (Å²) in [5.74, 6) is 19.9. The number of rotatable bonds is 17. The summed E-state index contributed by atoms with van der Waals surface area (Å²) in [6, 6.07) is 0. The van der Waals surface area contributed by atoms with Gasteiger partial charge in [0.15, 0.2) is 0 Å². The van der Waals surface area contributed by atoms with Gasteiger partial charge in [0.05, 0.1) is 18.3 Å². The third-order valence-electron chi connectivity index (χ3n) is 34.7. The van der Waals surface area contributed by atoms with Gasteiger partial charge in [-0.25, -0.2) is 0 Å². The van der Waals surface area contributed by atoms with Gasteiger partial charge < -0.3 is 15.3 Å². The van der Waals surface area contributed by atoms with E-state index in [-0.39, 0.29) is 18.3 Å². The van der Waals surface area contributed by atoms with E-state index in [4.69, 9.17) is 0 Å². The predicted molar refractivity (Wildman–Crippen MR) is 385 cm³/mol. The van der Waals surface area contributed by atoms with Crippen molar-refractivity contribution in [3.63, 3.8) is 0 Å². The van der Waals surface area contributed by atoms with Crippen LogP contribution in [0, 0.1) is 169 Å². The molecule has 0 radical (unpaired) electrons. The molecule has 29 atom stereocenters. The maximum Gasteiger partial charge on any atom is 0.0577 e. The van der Waals surface area contributed by atoms with Crippen molar-refractivity contribution in [3.05, 3.63) is 23.3 Å². The lowest BCUT2D eigenvalue weighted by Gasteiger charge is -2.61. The van der Waals surface area contributed by atoms with E-state index in [1.807, 2.05) is 5.57 Å². The molecule has 0 aromatic heterocycles. The van der Waals surface area contributed by atoms with Crippen molar-refractivity contribution in [1.82, 2.24) is 0 Å². The predicted octanol–water partition coefficient (Wildman–Crippen LogP) is 24.0. The first-order valence-electron chi connectivity index (χ1n) is 40.9. The maximum atomic E-state index is 10.5. The largest absolute Gasteiger partial charge is 0.393 e. The highest BCUT2D eigenvalue weighted by atomic mass is 16.3. The van der Waals surface area contributed by atoms with Crippen molar-refractivity contribution in [2.75, 3.05) is 0 Å². The number of fused-ring (bicyclic) bond motifs is 15. The molecule has 0 saturated heterocycles. The molecular formula is C87H152O3. The fourth-order valence-electron chi connectivity index (χ4n) is 28.2. The van der Waals surface area contributed by atoms with Crippen molar-refractivity contribution >= 4 is 0 Å². The fraction of sp³-hybridized carbons (Fsp3) is 0.954. The van der Waals surface area contributed by atoms with Crippen LogP contribution in [-0.2, 0) is 0 Å². The number of allylic oxidation sites excluding steroid dienone is 3. The Morgan fingerprint density at radius 2 is 0.922 bits per heavy atom. The van der Waals surface area contributed by atoms with Crippen LogP contribution in [0.5, 0.6) is 0 Å². The molecule has 3 nitrogen and oxygen atoms in total. The molecule has 90 heavy (non-hydrogen) atoms. The Kier molecular flexibility index (Phi) is 23.0. The molecule has 10 saturated carbocycles. The monoisotopic (exact) mass is 1250 g/mol. The average Bonchev–Trinajstić information content (AvgIpc) is 1.42. The van der Waals surface area contributed by atoms with Crippen molar-refractivity contribution in [1.29, 1.82) is 0 Å². The highest BCUT2D eigenvalue weighted by Crippen LogP contribution is 2.71. The van der Waals surface area contributed by atoms with Gasteiger partial charge >= 0.3 is 0 Å². The molecule has 0 spiro atoms. The fourth-order valence-corrected chi connectivity index (χ4v) is 28.2. The van der Waals surface area contributed by atoms with E-state index in [1.165, 1.54) is 173 Å². The van der Waals surface area contributed by atoms with Crippen LogP contribution in [-0.4, -0.2) is 33.6 Å². The Bertz CT molecular complexity index is 2380. The van der Waals surface area contributed by atoms with Crippen LogP contribution in [0.2, 0.25) is 0 Å². The highest BCUT2D eigenvalue weighted by molar-refractivity contribution is 5.29. The van der Waals surface area contributed by atoms with Gasteiger partial charge in [0.1, 0.15) is 0 Å². The molecule has 12 aliphatic rings. The van der Waals surface area contributed by atoms with E-state index < -0.39 is 0 Å². The number of aliphatic hydroxyl groups is 3. The molecule has 3 N–H and O–H groups in total. The van der Waals surface area contributed by atoms with Gasteiger partial charge in [-0.2, -0.15) is 0 Å². The maximum absolute atomic E-state index is 10.5. The molecule has 0 aliphatic heterocycles. The van der Waals surface area contributed by atoms with Gasteiger partial charge in [-0.15, -0.1) is 0 Å². The summed E-state index contributed by atoms with van der Waals surface area (Å²) in [5, 5.41) is 31.1. The van der Waals surface area contributed by atoms with Gasteiger partial charge in [0.25, 0.3) is 0 Å². The van der Waals surface area contributed by atoms with Gasteiger partial charge in [-0.05, 0) is 336 Å². The highest BCUT2D eigenvalue weighted by Gasteiger charge is 2.63. The molecule has 0 bridgehead atoms. The summed E-state index contributed by atoms with van der Waals surface area (Å²) in [5.41, 5.74) is 6.56. The number of aliphatic hydroxyl groups excluding tert-OH is 3. The minimum Gasteiger partial charge on any atom is -0.393 e. The molecular weight excluding hydrogens is 1090 g/mol. The first-order valence-corrected chi connectivity index (χ1v) is 40.9. The Morgan fingerprint density at radius 1 is 0.422 bits per heavy atom. The van der Waals surface area contributed by atoms with Crippen molar-refractivity contribution < 1.29 is 15.3 Å². The summed E-state index contributed by atoms with van der Waals surface area (Å²) < 4.78 is 0. The van der Waals surface area contributed by atoms with E-state index in [0.717, 1.165) is 156 Å². The Hall–Kier alpha value is -0.640. The van der Waals surface area contributed by atoms with Gasteiger partial charge in [-0.1, -0.05) is 193 Å². The molecule has 12 rings (SSSR count). The molecule has 12 aliphatic carbocycles. The van der Waals surface area contributed by atoms with Gasteiger partial charge in [0, 0.05) is 0 Å². The van der Waals surface area contributed by atoms with Crippen LogP contribution >= 0.6 is 0 Å². The summed E-state index contributed by atoms with van der Waals surface area (Å²) in [6.45, 7) is 47.7. The van der Waals surface area contributed by atoms with Crippen LogP contribution in [0.25, 0.3) is 0 Å². The Morgan fingerprint density at radius 3 is 1.51 bits per heavy atom. The summed E-state index contributed by atoms with van der Waals surface area (Å²) >= 11 is 0. The lowest BCUT2D eigenvalue weighted by Crippen LogP contribution is -2.54. The zero-order valence-corrected chi connectivity index (χ0v) is 63.1. The van der Waals surface area contributed by atoms with Crippen molar-refractivity contribution in [2.24, 2.45) is 169 Å². The molecule has 0 aromatic rings. The average molecular weight is 1250 g/mol. The first kappa shape index (κ1) is 72.1. The van der Waals surface area contributed by atoms with Crippen LogP contribution in [0.1, 0.15) is 337 Å². The summed E-state index contributed by atoms with van der Waals surface area (Å²) in [7, 11) is 0. The smallest absolute Gasteiger partial charge is 0.0577 e. The standard InChI is InChI=1S/C30H52O.C29H52O.C28H48O/c1-8-22(19(2)3)10-9-20(4)24-13-14-26-23-11-12-25-21(5)28(31)16-18-30(25,7)27(23)15-17-29(24,26)6;1-7-21(19(2)3)9-8-20(4)25-12-13-26-24-11-10-22-18-23(30)14-16-28(22,5)27(24)15-17-29(25,26)6;1-18(2)19(3)7-8-20(4)24-11-12-25-23-10-9-21-17-22(29)13-15-27(21,5)26(23)14-16-28(24,25)6/h11,19-22,24-28,31H,8-10,12-18H2,1-7H3;19-27,30H,7-18H2,1-6H3;9,18-20,22-26,29H,7-8,10-17H2,1-6H3/t20-,21+,22?,24-,25+,26+,27+,28+,29-,30+;20-,21-,22+,23+,24+,25-,26+,27+,28+,29-;19-,20-,22+,23+,24-,25+,26+,27+,28-/m111/s1. The van der Waals surface area contributed by atoms with Gasteiger partial charge in [-0.3, -0.25) is 0 Å². The Labute approximate surface area is 559 Å². The molecule has 1 unspecified atom stereocenters. The zero-order chi connectivity index (χ0) is 65.2. The van der Waals surface area contributed by atoms with Crippen LogP contribution in [0.4, 0.5) is 0 Å². The van der Waals surface area contributed by atoms with E-state index in [2.05, 4.69) is 144 Å². The molecule has 0 amide bonds. The second kappa shape index (κ2) is 28.7. The van der Waals surface area contributed by atoms with Gasteiger partial charge in [0.2, 0.25) is 0 Å². The lowest BCUT2D eigenvalue weighted by atomic mass is 9.44. The Balaban J connectivity index is 0.000000149. The van der Waals surface area contributed by atoms with Crippen LogP contribution in [0.3, 0.4) is 0 Å².